The third-order valence-electron chi connectivity index (χ3n) is 4.31. The Balaban J connectivity index is 2.08. The van der Waals surface area contributed by atoms with Crippen molar-refractivity contribution in [2.75, 3.05) is 13.7 Å². The second-order valence-corrected chi connectivity index (χ2v) is 6.35. The lowest BCUT2D eigenvalue weighted by atomic mass is 9.98. The highest BCUT2D eigenvalue weighted by Gasteiger charge is 2.32. The van der Waals surface area contributed by atoms with Gasteiger partial charge in [-0.25, -0.2) is 8.78 Å². The average molecular weight is 436 g/mol. The lowest BCUT2D eigenvalue weighted by Crippen LogP contribution is -2.20. The van der Waals surface area contributed by atoms with Crippen molar-refractivity contribution in [3.05, 3.63) is 60.4 Å². The molecule has 2 aromatic carbocycles. The second kappa shape index (κ2) is 7.82. The van der Waals surface area contributed by atoms with Crippen molar-refractivity contribution in [1.82, 2.24) is 19.6 Å². The highest BCUT2D eigenvalue weighted by Crippen LogP contribution is 2.42. The van der Waals surface area contributed by atoms with E-state index in [2.05, 4.69) is 15.1 Å². The molecule has 0 N–H and O–H groups in total. The number of ether oxygens (including phenoxy) is 2. The zero-order valence-corrected chi connectivity index (χ0v) is 15.8. The molecule has 160 valence electrons. The third-order valence-corrected chi connectivity index (χ3v) is 4.31. The maximum absolute atomic E-state index is 15.0. The normalized spacial score (nSPS) is 11.7. The summed E-state index contributed by atoms with van der Waals surface area (Å²) in [6.07, 6.45) is -3.59. The van der Waals surface area contributed by atoms with E-state index in [1.165, 1.54) is 11.6 Å². The molecule has 0 radical (unpaired) electrons. The summed E-state index contributed by atoms with van der Waals surface area (Å²) in [5, 5.41) is 4.02. The van der Waals surface area contributed by atoms with Gasteiger partial charge in [-0.1, -0.05) is 30.3 Å². The quantitative estimate of drug-likeness (QED) is 0.425. The largest absolute Gasteiger partial charge is 0.497 e. The van der Waals surface area contributed by atoms with Crippen LogP contribution in [0.3, 0.4) is 0 Å². The van der Waals surface area contributed by atoms with Crippen LogP contribution in [0.1, 0.15) is 0 Å². The molecule has 0 amide bonds. The van der Waals surface area contributed by atoms with Crippen LogP contribution in [-0.2, 0) is 0 Å². The van der Waals surface area contributed by atoms with E-state index in [0.717, 1.165) is 18.5 Å². The van der Waals surface area contributed by atoms with Gasteiger partial charge in [-0.15, -0.1) is 0 Å². The van der Waals surface area contributed by atoms with Crippen molar-refractivity contribution in [3.8, 4) is 34.0 Å². The van der Waals surface area contributed by atoms with Gasteiger partial charge in [-0.2, -0.15) is 32.8 Å². The predicted octanol–water partition coefficient (Wildman–Crippen LogP) is 4.69. The monoisotopic (exact) mass is 436 g/mol. The van der Waals surface area contributed by atoms with Gasteiger partial charge in [0.1, 0.15) is 23.7 Å². The predicted molar refractivity (Wildman–Crippen MR) is 99.7 cm³/mol. The van der Waals surface area contributed by atoms with Crippen molar-refractivity contribution in [2.45, 2.75) is 6.18 Å². The highest BCUT2D eigenvalue weighted by molar-refractivity contribution is 5.86. The van der Waals surface area contributed by atoms with Gasteiger partial charge in [-0.05, 0) is 0 Å². The minimum atomic E-state index is -4.71. The minimum absolute atomic E-state index is 0.0586. The number of halogens is 5. The number of hydrogen-bond acceptors (Lipinski definition) is 5. The summed E-state index contributed by atoms with van der Waals surface area (Å²) in [6, 6.07) is 10.0. The number of hydrogen-bond donors (Lipinski definition) is 0. The molecule has 0 aliphatic heterocycles. The maximum atomic E-state index is 15.0. The number of nitrogens with zero attached hydrogens (tertiary/aromatic N) is 4. The van der Waals surface area contributed by atoms with Gasteiger partial charge in [0.25, 0.3) is 5.78 Å². The molecule has 2 aromatic heterocycles. The summed E-state index contributed by atoms with van der Waals surface area (Å²) in [4.78, 5) is 7.82. The lowest BCUT2D eigenvalue weighted by molar-refractivity contribution is -0.153. The molecular formula is C20H13F5N4O2. The van der Waals surface area contributed by atoms with Crippen molar-refractivity contribution in [2.24, 2.45) is 0 Å². The Bertz CT molecular complexity index is 1220. The van der Waals surface area contributed by atoms with Crippen molar-refractivity contribution in [1.29, 1.82) is 0 Å². The average Bonchev–Trinajstić information content (AvgIpc) is 3.19. The Kier molecular flexibility index (Phi) is 5.17. The minimum Gasteiger partial charge on any atom is -0.497 e. The fourth-order valence-electron chi connectivity index (χ4n) is 3.07. The van der Waals surface area contributed by atoms with E-state index < -0.39 is 35.9 Å². The summed E-state index contributed by atoms with van der Waals surface area (Å²) in [5.74, 6) is -3.00. The summed E-state index contributed by atoms with van der Waals surface area (Å²) in [7, 11) is 1.23. The molecule has 2 heterocycles. The first-order valence-corrected chi connectivity index (χ1v) is 8.80. The van der Waals surface area contributed by atoms with E-state index in [1.807, 2.05) is 0 Å². The summed E-state index contributed by atoms with van der Waals surface area (Å²) >= 11 is 0. The first kappa shape index (κ1) is 20.5. The Morgan fingerprint density at radius 3 is 2.29 bits per heavy atom. The first-order chi connectivity index (χ1) is 14.8. The van der Waals surface area contributed by atoms with Crippen LogP contribution in [0, 0.1) is 11.6 Å². The number of rotatable bonds is 5. The molecule has 0 bridgehead atoms. The van der Waals surface area contributed by atoms with E-state index in [9.17, 15) is 22.0 Å². The maximum Gasteiger partial charge on any atom is 0.422 e. The molecule has 6 nitrogen and oxygen atoms in total. The van der Waals surface area contributed by atoms with E-state index in [-0.39, 0.29) is 22.8 Å². The molecule has 0 saturated carbocycles. The SMILES string of the molecule is COc1cc(F)c(-c2c(OCC(F)(F)F)nc3ncnn3c2-c2ccccc2)c(F)c1. The molecule has 4 rings (SSSR count). The van der Waals surface area contributed by atoms with Crippen molar-refractivity contribution >= 4 is 5.78 Å². The molecule has 0 fully saturated rings. The smallest absolute Gasteiger partial charge is 0.422 e. The van der Waals surface area contributed by atoms with Crippen molar-refractivity contribution < 1.29 is 31.4 Å². The van der Waals surface area contributed by atoms with Gasteiger partial charge in [0, 0.05) is 17.7 Å². The van der Waals surface area contributed by atoms with Crippen LogP contribution in [-0.4, -0.2) is 39.5 Å². The molecule has 0 spiro atoms. The summed E-state index contributed by atoms with van der Waals surface area (Å²) in [6.45, 7) is -1.72. The van der Waals surface area contributed by atoms with Crippen LogP contribution < -0.4 is 9.47 Å². The fraction of sp³-hybridized carbons (Fsp3) is 0.150. The van der Waals surface area contributed by atoms with E-state index >= 15 is 0 Å². The standard InChI is InChI=1S/C20H13F5N4O2/c1-30-12-7-13(21)15(14(22)8-12)16-17(11-5-3-2-4-6-11)29-19(26-10-27-29)28-18(16)31-9-20(23,24)25/h2-8,10H,9H2,1H3. The molecule has 0 aliphatic rings. The van der Waals surface area contributed by atoms with Gasteiger partial charge >= 0.3 is 6.18 Å². The summed E-state index contributed by atoms with van der Waals surface area (Å²) < 4.78 is 79.5. The molecular weight excluding hydrogens is 423 g/mol. The topological polar surface area (TPSA) is 61.5 Å². The Morgan fingerprint density at radius 1 is 1.00 bits per heavy atom. The summed E-state index contributed by atoms with van der Waals surface area (Å²) in [5.41, 5.74) is -0.516. The Morgan fingerprint density at radius 2 is 1.68 bits per heavy atom. The van der Waals surface area contributed by atoms with E-state index in [4.69, 9.17) is 9.47 Å². The Labute approximate surface area is 171 Å². The molecule has 11 heteroatoms. The molecule has 0 saturated heterocycles. The molecule has 31 heavy (non-hydrogen) atoms. The van der Waals surface area contributed by atoms with Crippen molar-refractivity contribution in [3.63, 3.8) is 0 Å². The van der Waals surface area contributed by atoms with Crippen LogP contribution >= 0.6 is 0 Å². The number of alkyl halides is 3. The number of aromatic nitrogens is 4. The van der Waals surface area contributed by atoms with Crippen LogP contribution in [0.4, 0.5) is 22.0 Å². The molecule has 0 aliphatic carbocycles. The molecule has 0 atom stereocenters. The van der Waals surface area contributed by atoms with Gasteiger partial charge in [0.05, 0.1) is 23.9 Å². The zero-order chi connectivity index (χ0) is 22.2. The van der Waals surface area contributed by atoms with Gasteiger partial charge in [-0.3, -0.25) is 0 Å². The fourth-order valence-corrected chi connectivity index (χ4v) is 3.07. The van der Waals surface area contributed by atoms with E-state index in [0.29, 0.717) is 5.56 Å². The number of fused-ring (bicyclic) bond motifs is 1. The van der Waals surface area contributed by atoms with Crippen LogP contribution in [0.15, 0.2) is 48.8 Å². The molecule has 4 aromatic rings. The second-order valence-electron chi connectivity index (χ2n) is 6.35. The van der Waals surface area contributed by atoms with Gasteiger partial charge < -0.3 is 9.47 Å². The van der Waals surface area contributed by atoms with Crippen LogP contribution in [0.25, 0.3) is 28.2 Å². The number of methoxy groups -OCH3 is 1. The zero-order valence-electron chi connectivity index (χ0n) is 15.8. The number of benzene rings is 2. The molecule has 0 unspecified atom stereocenters. The van der Waals surface area contributed by atoms with Crippen LogP contribution in [0.5, 0.6) is 11.6 Å². The lowest BCUT2D eigenvalue weighted by Gasteiger charge is -2.18. The third kappa shape index (κ3) is 3.98. The van der Waals surface area contributed by atoms with E-state index in [1.54, 1.807) is 30.3 Å². The van der Waals surface area contributed by atoms with Gasteiger partial charge in [0.15, 0.2) is 6.61 Å². The first-order valence-electron chi connectivity index (χ1n) is 8.80. The van der Waals surface area contributed by atoms with Gasteiger partial charge in [0.2, 0.25) is 5.88 Å². The van der Waals surface area contributed by atoms with Crippen LogP contribution in [0.2, 0.25) is 0 Å². The highest BCUT2D eigenvalue weighted by atomic mass is 19.4. The Hall–Kier alpha value is -3.76.